The highest BCUT2D eigenvalue weighted by Gasteiger charge is 2.06. The molecule has 0 aliphatic heterocycles. The molecule has 0 saturated carbocycles. The molecular formula is C15H29N3O. The summed E-state index contributed by atoms with van der Waals surface area (Å²) in [7, 11) is 0. The lowest BCUT2D eigenvalue weighted by molar-refractivity contribution is 0.132. The summed E-state index contributed by atoms with van der Waals surface area (Å²) in [5, 5.41) is 3.35. The zero-order valence-electron chi connectivity index (χ0n) is 13.1. The van der Waals surface area contributed by atoms with Crippen LogP contribution in [0, 0.1) is 18.8 Å². The maximum absolute atomic E-state index is 5.59. The summed E-state index contributed by atoms with van der Waals surface area (Å²) in [6.07, 6.45) is 3.23. The van der Waals surface area contributed by atoms with Crippen LogP contribution in [0.15, 0.2) is 6.20 Å². The van der Waals surface area contributed by atoms with Gasteiger partial charge in [0.15, 0.2) is 0 Å². The zero-order chi connectivity index (χ0) is 14.3. The van der Waals surface area contributed by atoms with E-state index in [9.17, 15) is 0 Å². The molecule has 1 heterocycles. The van der Waals surface area contributed by atoms with E-state index in [-0.39, 0.29) is 0 Å². The normalized spacial score (nSPS) is 11.5. The minimum Gasteiger partial charge on any atom is -0.380 e. The van der Waals surface area contributed by atoms with Crippen LogP contribution in [0.3, 0.4) is 0 Å². The van der Waals surface area contributed by atoms with E-state index >= 15 is 0 Å². The summed E-state index contributed by atoms with van der Waals surface area (Å²) in [4.78, 5) is 4.51. The van der Waals surface area contributed by atoms with Crippen molar-refractivity contribution in [3.63, 3.8) is 0 Å². The standard InChI is InChI=1S/C15H29N3O/c1-12(2)6-8-19-9-7-16-15-17-14(5)11-18(15)10-13(3)4/h11-13H,6-10H2,1-5H3,(H,16,17). The number of hydrogen-bond donors (Lipinski definition) is 1. The minimum absolute atomic E-state index is 0.622. The van der Waals surface area contributed by atoms with Crippen molar-refractivity contribution in [3.8, 4) is 0 Å². The van der Waals surface area contributed by atoms with E-state index in [4.69, 9.17) is 4.74 Å². The molecule has 110 valence electrons. The maximum Gasteiger partial charge on any atom is 0.203 e. The van der Waals surface area contributed by atoms with E-state index in [0.717, 1.165) is 44.4 Å². The summed E-state index contributed by atoms with van der Waals surface area (Å²) in [6.45, 7) is 14.3. The number of aryl methyl sites for hydroxylation is 1. The molecule has 0 aromatic carbocycles. The highest BCUT2D eigenvalue weighted by molar-refractivity contribution is 5.28. The molecule has 1 rings (SSSR count). The molecule has 0 spiro atoms. The Hall–Kier alpha value is -1.03. The SMILES string of the molecule is Cc1cn(CC(C)C)c(NCCOCCC(C)C)n1. The average molecular weight is 267 g/mol. The Kier molecular flexibility index (Phi) is 6.92. The predicted molar refractivity (Wildman–Crippen MR) is 80.6 cm³/mol. The fourth-order valence-electron chi connectivity index (χ4n) is 1.88. The van der Waals surface area contributed by atoms with Gasteiger partial charge in [-0.3, -0.25) is 0 Å². The highest BCUT2D eigenvalue weighted by atomic mass is 16.5. The molecule has 0 saturated heterocycles. The largest absolute Gasteiger partial charge is 0.380 e. The van der Waals surface area contributed by atoms with E-state index < -0.39 is 0 Å². The molecule has 0 aliphatic rings. The number of hydrogen-bond acceptors (Lipinski definition) is 3. The van der Waals surface area contributed by atoms with Crippen LogP contribution in [0.2, 0.25) is 0 Å². The molecule has 0 atom stereocenters. The third-order valence-electron chi connectivity index (χ3n) is 2.83. The number of imidazole rings is 1. The predicted octanol–water partition coefficient (Wildman–Crippen LogP) is 3.32. The van der Waals surface area contributed by atoms with Gasteiger partial charge in [-0.1, -0.05) is 27.7 Å². The van der Waals surface area contributed by atoms with E-state index in [1.807, 2.05) is 6.92 Å². The van der Waals surface area contributed by atoms with Crippen LogP contribution < -0.4 is 5.32 Å². The third-order valence-corrected chi connectivity index (χ3v) is 2.83. The van der Waals surface area contributed by atoms with Gasteiger partial charge < -0.3 is 14.6 Å². The van der Waals surface area contributed by atoms with Gasteiger partial charge in [0, 0.05) is 25.9 Å². The van der Waals surface area contributed by atoms with Gasteiger partial charge >= 0.3 is 0 Å². The Morgan fingerprint density at radius 3 is 2.58 bits per heavy atom. The summed E-state index contributed by atoms with van der Waals surface area (Å²) in [5.41, 5.74) is 1.06. The fourth-order valence-corrected chi connectivity index (χ4v) is 1.88. The van der Waals surface area contributed by atoms with Crippen molar-refractivity contribution in [3.05, 3.63) is 11.9 Å². The summed E-state index contributed by atoms with van der Waals surface area (Å²) in [5.74, 6) is 2.29. The lowest BCUT2D eigenvalue weighted by Gasteiger charge is -2.12. The molecule has 19 heavy (non-hydrogen) atoms. The summed E-state index contributed by atoms with van der Waals surface area (Å²) < 4.78 is 7.78. The van der Waals surface area contributed by atoms with Crippen molar-refractivity contribution in [2.45, 2.75) is 47.6 Å². The molecule has 0 radical (unpaired) electrons. The molecule has 0 aliphatic carbocycles. The number of nitrogens with one attached hydrogen (secondary N) is 1. The van der Waals surface area contributed by atoms with Crippen LogP contribution in [-0.2, 0) is 11.3 Å². The number of rotatable bonds is 9. The van der Waals surface area contributed by atoms with Crippen molar-refractivity contribution >= 4 is 5.95 Å². The van der Waals surface area contributed by atoms with Gasteiger partial charge in [-0.2, -0.15) is 0 Å². The Morgan fingerprint density at radius 1 is 1.21 bits per heavy atom. The molecular weight excluding hydrogens is 238 g/mol. The second kappa shape index (κ2) is 8.20. The lowest BCUT2D eigenvalue weighted by Crippen LogP contribution is -2.15. The first-order chi connectivity index (χ1) is 8.99. The van der Waals surface area contributed by atoms with Gasteiger partial charge in [0.05, 0.1) is 12.3 Å². The van der Waals surface area contributed by atoms with Gasteiger partial charge in [0.25, 0.3) is 0 Å². The number of ether oxygens (including phenoxy) is 1. The van der Waals surface area contributed by atoms with Crippen molar-refractivity contribution < 1.29 is 4.74 Å². The van der Waals surface area contributed by atoms with Crippen LogP contribution in [0.1, 0.15) is 39.8 Å². The molecule has 0 bridgehead atoms. The van der Waals surface area contributed by atoms with Gasteiger partial charge in [0.2, 0.25) is 5.95 Å². The fraction of sp³-hybridized carbons (Fsp3) is 0.800. The van der Waals surface area contributed by atoms with E-state index in [1.54, 1.807) is 0 Å². The Labute approximate surface area is 117 Å². The third kappa shape index (κ3) is 6.62. The number of anilines is 1. The maximum atomic E-state index is 5.59. The lowest BCUT2D eigenvalue weighted by atomic mass is 10.1. The zero-order valence-corrected chi connectivity index (χ0v) is 13.1. The minimum atomic E-state index is 0.622. The Balaban J connectivity index is 2.28. The Morgan fingerprint density at radius 2 is 1.95 bits per heavy atom. The van der Waals surface area contributed by atoms with Crippen LogP contribution >= 0.6 is 0 Å². The van der Waals surface area contributed by atoms with Gasteiger partial charge in [0.1, 0.15) is 0 Å². The van der Waals surface area contributed by atoms with Crippen molar-refractivity contribution in [1.82, 2.24) is 9.55 Å². The van der Waals surface area contributed by atoms with Crippen LogP contribution in [0.4, 0.5) is 5.95 Å². The topological polar surface area (TPSA) is 39.1 Å². The first kappa shape index (κ1) is 16.0. The van der Waals surface area contributed by atoms with Gasteiger partial charge in [-0.15, -0.1) is 0 Å². The first-order valence-corrected chi connectivity index (χ1v) is 7.34. The first-order valence-electron chi connectivity index (χ1n) is 7.34. The van der Waals surface area contributed by atoms with Gasteiger partial charge in [-0.05, 0) is 25.2 Å². The second-order valence-electron chi connectivity index (χ2n) is 5.97. The molecule has 0 amide bonds. The number of nitrogens with zero attached hydrogens (tertiary/aromatic N) is 2. The van der Waals surface area contributed by atoms with Crippen LogP contribution in [0.5, 0.6) is 0 Å². The highest BCUT2D eigenvalue weighted by Crippen LogP contribution is 2.11. The van der Waals surface area contributed by atoms with Crippen molar-refractivity contribution in [2.75, 3.05) is 25.1 Å². The number of aromatic nitrogens is 2. The van der Waals surface area contributed by atoms with E-state index in [2.05, 4.69) is 48.8 Å². The van der Waals surface area contributed by atoms with Crippen LogP contribution in [0.25, 0.3) is 0 Å². The van der Waals surface area contributed by atoms with Crippen molar-refractivity contribution in [2.24, 2.45) is 11.8 Å². The van der Waals surface area contributed by atoms with Crippen molar-refractivity contribution in [1.29, 1.82) is 0 Å². The molecule has 1 N–H and O–H groups in total. The summed E-state index contributed by atoms with van der Waals surface area (Å²) in [6, 6.07) is 0. The van der Waals surface area contributed by atoms with E-state index in [0.29, 0.717) is 11.8 Å². The molecule has 4 heteroatoms. The Bertz CT molecular complexity index is 358. The second-order valence-corrected chi connectivity index (χ2v) is 5.97. The average Bonchev–Trinajstić information content (AvgIpc) is 2.62. The molecule has 1 aromatic heterocycles. The molecule has 4 nitrogen and oxygen atoms in total. The van der Waals surface area contributed by atoms with E-state index in [1.165, 1.54) is 0 Å². The summed E-state index contributed by atoms with van der Waals surface area (Å²) >= 11 is 0. The molecule has 0 fully saturated rings. The quantitative estimate of drug-likeness (QED) is 0.698. The molecule has 0 unspecified atom stereocenters. The monoisotopic (exact) mass is 267 g/mol. The smallest absolute Gasteiger partial charge is 0.203 e. The van der Waals surface area contributed by atoms with Crippen LogP contribution in [-0.4, -0.2) is 29.3 Å². The van der Waals surface area contributed by atoms with Gasteiger partial charge in [-0.25, -0.2) is 4.98 Å². The molecule has 1 aromatic rings.